The van der Waals surface area contributed by atoms with E-state index in [4.69, 9.17) is 0 Å². The Morgan fingerprint density at radius 3 is 2.87 bits per heavy atom. The zero-order valence-corrected chi connectivity index (χ0v) is 9.02. The molecule has 1 unspecified atom stereocenters. The Kier molecular flexibility index (Phi) is 2.28. The molecule has 3 rings (SSSR count). The summed E-state index contributed by atoms with van der Waals surface area (Å²) < 4.78 is 2.37. The molecular weight excluding hydrogens is 188 g/mol. The molecule has 1 atom stereocenters. The van der Waals surface area contributed by atoms with Gasteiger partial charge >= 0.3 is 0 Å². The lowest BCUT2D eigenvalue weighted by molar-refractivity contribution is 0.238. The van der Waals surface area contributed by atoms with Crippen molar-refractivity contribution in [3.8, 4) is 0 Å². The standard InChI is InChI=1S/C12H18N2O/c15-8-10-5-2-6-14-11(10)7-13-12(14)9-3-1-4-9/h7,9-10,15H,1-6,8H2. The van der Waals surface area contributed by atoms with Gasteiger partial charge in [-0.05, 0) is 25.7 Å². The summed E-state index contributed by atoms with van der Waals surface area (Å²) in [4.78, 5) is 4.57. The summed E-state index contributed by atoms with van der Waals surface area (Å²) >= 11 is 0. The summed E-state index contributed by atoms with van der Waals surface area (Å²) in [6.07, 6.45) is 8.27. The summed E-state index contributed by atoms with van der Waals surface area (Å²) in [5.41, 5.74) is 1.27. The van der Waals surface area contributed by atoms with Crippen molar-refractivity contribution >= 4 is 0 Å². The molecule has 0 radical (unpaired) electrons. The maximum atomic E-state index is 9.32. The first-order valence-corrected chi connectivity index (χ1v) is 6.06. The zero-order chi connectivity index (χ0) is 10.3. The van der Waals surface area contributed by atoms with Crippen molar-refractivity contribution in [2.24, 2.45) is 0 Å². The van der Waals surface area contributed by atoms with Crippen LogP contribution in [0.15, 0.2) is 6.20 Å². The number of hydrogen-bond donors (Lipinski definition) is 1. The highest BCUT2D eigenvalue weighted by Gasteiger charge is 2.29. The molecule has 2 heterocycles. The Balaban J connectivity index is 1.94. The molecule has 1 aromatic heterocycles. The molecule has 82 valence electrons. The van der Waals surface area contributed by atoms with Gasteiger partial charge in [-0.1, -0.05) is 6.42 Å². The van der Waals surface area contributed by atoms with E-state index in [1.807, 2.05) is 6.20 Å². The maximum absolute atomic E-state index is 9.32. The Labute approximate surface area is 90.1 Å². The molecule has 3 heteroatoms. The first-order valence-electron chi connectivity index (χ1n) is 6.06. The highest BCUT2D eigenvalue weighted by molar-refractivity contribution is 5.17. The Morgan fingerprint density at radius 1 is 1.33 bits per heavy atom. The van der Waals surface area contributed by atoms with E-state index >= 15 is 0 Å². The van der Waals surface area contributed by atoms with Gasteiger partial charge < -0.3 is 9.67 Å². The predicted molar refractivity (Wildman–Crippen MR) is 57.9 cm³/mol. The number of fused-ring (bicyclic) bond motifs is 1. The van der Waals surface area contributed by atoms with Crippen LogP contribution in [0.3, 0.4) is 0 Å². The molecule has 1 saturated carbocycles. The molecule has 1 aliphatic carbocycles. The summed E-state index contributed by atoms with van der Waals surface area (Å²) in [6.45, 7) is 1.38. The van der Waals surface area contributed by atoms with E-state index in [-0.39, 0.29) is 6.61 Å². The fraction of sp³-hybridized carbons (Fsp3) is 0.750. The summed E-state index contributed by atoms with van der Waals surface area (Å²) in [7, 11) is 0. The van der Waals surface area contributed by atoms with E-state index in [2.05, 4.69) is 9.55 Å². The van der Waals surface area contributed by atoms with Gasteiger partial charge in [-0.2, -0.15) is 0 Å². The van der Waals surface area contributed by atoms with Crippen LogP contribution < -0.4 is 0 Å². The van der Waals surface area contributed by atoms with E-state index in [0.717, 1.165) is 13.0 Å². The third kappa shape index (κ3) is 1.41. The van der Waals surface area contributed by atoms with Crippen molar-refractivity contribution in [3.63, 3.8) is 0 Å². The van der Waals surface area contributed by atoms with Crippen LogP contribution in [0, 0.1) is 0 Å². The van der Waals surface area contributed by atoms with Gasteiger partial charge in [-0.25, -0.2) is 4.98 Å². The van der Waals surface area contributed by atoms with Crippen LogP contribution in [0.25, 0.3) is 0 Å². The van der Waals surface area contributed by atoms with Gasteiger partial charge in [0.05, 0.1) is 6.61 Å². The number of rotatable bonds is 2. The van der Waals surface area contributed by atoms with E-state index in [9.17, 15) is 5.11 Å². The van der Waals surface area contributed by atoms with E-state index in [1.54, 1.807) is 0 Å². The number of aliphatic hydroxyl groups excluding tert-OH is 1. The molecule has 1 fully saturated rings. The number of nitrogens with zero attached hydrogens (tertiary/aromatic N) is 2. The zero-order valence-electron chi connectivity index (χ0n) is 9.02. The Hall–Kier alpha value is -0.830. The molecule has 0 bridgehead atoms. The van der Waals surface area contributed by atoms with Gasteiger partial charge in [0.1, 0.15) is 5.82 Å². The van der Waals surface area contributed by atoms with Gasteiger partial charge in [-0.3, -0.25) is 0 Å². The molecule has 0 saturated heterocycles. The van der Waals surface area contributed by atoms with Crippen LogP contribution in [0.2, 0.25) is 0 Å². The first-order chi connectivity index (χ1) is 7.40. The largest absolute Gasteiger partial charge is 0.396 e. The lowest BCUT2D eigenvalue weighted by Crippen LogP contribution is -2.22. The van der Waals surface area contributed by atoms with Gasteiger partial charge in [0, 0.05) is 30.3 Å². The highest BCUT2D eigenvalue weighted by atomic mass is 16.3. The first kappa shape index (κ1) is 9.40. The van der Waals surface area contributed by atoms with Crippen LogP contribution in [0.1, 0.15) is 55.5 Å². The van der Waals surface area contributed by atoms with Crippen LogP contribution in [-0.2, 0) is 6.54 Å². The third-order valence-electron chi connectivity index (χ3n) is 3.96. The number of aromatic nitrogens is 2. The Bertz CT molecular complexity index is 341. The average molecular weight is 206 g/mol. The second-order valence-electron chi connectivity index (χ2n) is 4.84. The minimum Gasteiger partial charge on any atom is -0.396 e. The lowest BCUT2D eigenvalue weighted by Gasteiger charge is -2.29. The van der Waals surface area contributed by atoms with E-state index in [1.165, 1.54) is 37.2 Å². The van der Waals surface area contributed by atoms with Crippen molar-refractivity contribution in [1.29, 1.82) is 0 Å². The van der Waals surface area contributed by atoms with E-state index < -0.39 is 0 Å². The van der Waals surface area contributed by atoms with Crippen LogP contribution in [0.5, 0.6) is 0 Å². The molecule has 15 heavy (non-hydrogen) atoms. The monoisotopic (exact) mass is 206 g/mol. The topological polar surface area (TPSA) is 38.0 Å². The summed E-state index contributed by atoms with van der Waals surface area (Å²) in [6, 6.07) is 0. The van der Waals surface area contributed by atoms with Gasteiger partial charge in [0.2, 0.25) is 0 Å². The van der Waals surface area contributed by atoms with E-state index in [0.29, 0.717) is 11.8 Å². The second-order valence-corrected chi connectivity index (χ2v) is 4.84. The van der Waals surface area contributed by atoms with Crippen molar-refractivity contribution in [1.82, 2.24) is 9.55 Å². The molecule has 2 aliphatic rings. The fourth-order valence-electron chi connectivity index (χ4n) is 2.79. The average Bonchev–Trinajstić information content (AvgIpc) is 2.59. The Morgan fingerprint density at radius 2 is 2.20 bits per heavy atom. The number of imidazole rings is 1. The van der Waals surface area contributed by atoms with Crippen molar-refractivity contribution in [2.75, 3.05) is 6.61 Å². The summed E-state index contributed by atoms with van der Waals surface area (Å²) in [5.74, 6) is 2.32. The van der Waals surface area contributed by atoms with Crippen LogP contribution in [0.4, 0.5) is 0 Å². The molecule has 1 aromatic rings. The number of aliphatic hydroxyl groups is 1. The van der Waals surface area contributed by atoms with Gasteiger partial charge in [-0.15, -0.1) is 0 Å². The molecular formula is C12H18N2O. The number of hydrogen-bond acceptors (Lipinski definition) is 2. The molecule has 0 aromatic carbocycles. The van der Waals surface area contributed by atoms with Gasteiger partial charge in [0.25, 0.3) is 0 Å². The minimum absolute atomic E-state index is 0.274. The molecule has 0 spiro atoms. The maximum Gasteiger partial charge on any atom is 0.111 e. The molecule has 1 N–H and O–H groups in total. The second kappa shape index (κ2) is 3.63. The molecule has 1 aliphatic heterocycles. The van der Waals surface area contributed by atoms with Crippen molar-refractivity contribution < 1.29 is 5.11 Å². The van der Waals surface area contributed by atoms with Crippen LogP contribution in [-0.4, -0.2) is 21.3 Å². The SMILES string of the molecule is OCC1CCCn2c1cnc2C1CCC1. The smallest absolute Gasteiger partial charge is 0.111 e. The van der Waals surface area contributed by atoms with Crippen molar-refractivity contribution in [3.05, 3.63) is 17.7 Å². The molecule has 0 amide bonds. The summed E-state index contributed by atoms with van der Waals surface area (Å²) in [5, 5.41) is 9.32. The lowest BCUT2D eigenvalue weighted by atomic mass is 9.84. The minimum atomic E-state index is 0.274. The van der Waals surface area contributed by atoms with Crippen molar-refractivity contribution in [2.45, 2.75) is 50.5 Å². The predicted octanol–water partition coefficient (Wildman–Crippen LogP) is 2.02. The fourth-order valence-corrected chi connectivity index (χ4v) is 2.79. The third-order valence-corrected chi connectivity index (χ3v) is 3.96. The normalized spacial score (nSPS) is 26.1. The highest BCUT2D eigenvalue weighted by Crippen LogP contribution is 2.38. The van der Waals surface area contributed by atoms with Gasteiger partial charge in [0.15, 0.2) is 0 Å². The van der Waals surface area contributed by atoms with Crippen LogP contribution >= 0.6 is 0 Å². The molecule has 3 nitrogen and oxygen atoms in total. The quantitative estimate of drug-likeness (QED) is 0.804.